The number of aryl methyl sites for hydroxylation is 1. The Morgan fingerprint density at radius 1 is 0.619 bits per heavy atom. The van der Waals surface area contributed by atoms with Crippen LogP contribution >= 0.6 is 9.90 Å². The summed E-state index contributed by atoms with van der Waals surface area (Å²) in [7, 11) is 0. The highest BCUT2D eigenvalue weighted by atomic mass is 31.0. The number of hydrogen-bond donors (Lipinski definition) is 0. The van der Waals surface area contributed by atoms with Crippen molar-refractivity contribution in [3.05, 3.63) is 84.4 Å². The monoisotopic (exact) mass is 292 g/mol. The van der Waals surface area contributed by atoms with Gasteiger partial charge in [0.15, 0.2) is 0 Å². The third kappa shape index (κ3) is 3.23. The van der Waals surface area contributed by atoms with E-state index in [2.05, 4.69) is 85.8 Å². The summed E-state index contributed by atoms with van der Waals surface area (Å²) in [4.78, 5) is 0. The van der Waals surface area contributed by atoms with Crippen molar-refractivity contribution in [2.24, 2.45) is 0 Å². The molecule has 0 aliphatic carbocycles. The van der Waals surface area contributed by atoms with Gasteiger partial charge >= 0.3 is 0 Å². The predicted molar refractivity (Wildman–Crippen MR) is 97.8 cm³/mol. The molecule has 3 rings (SSSR count). The van der Waals surface area contributed by atoms with Crippen LogP contribution in [0.1, 0.15) is 12.5 Å². The van der Waals surface area contributed by atoms with Crippen molar-refractivity contribution in [1.29, 1.82) is 0 Å². The zero-order valence-corrected chi connectivity index (χ0v) is 13.8. The number of hydrogen-bond acceptors (Lipinski definition) is 0. The Hall–Kier alpha value is -1.91. The van der Waals surface area contributed by atoms with Gasteiger partial charge in [0.05, 0.1) is 0 Å². The van der Waals surface area contributed by atoms with Gasteiger partial charge in [0.2, 0.25) is 0 Å². The second-order valence-corrected chi connectivity index (χ2v) is 4.93. The molecule has 3 aromatic carbocycles. The van der Waals surface area contributed by atoms with Crippen molar-refractivity contribution in [2.45, 2.75) is 13.3 Å². The van der Waals surface area contributed by atoms with Crippen molar-refractivity contribution >= 4 is 9.90 Å². The SMILES string of the molecule is CCc1cccc(-c2ccccc2)c1-c1ccccc1.P. The molecule has 0 saturated carbocycles. The molecule has 1 atom stereocenters. The molecular formula is C20H21P. The molecule has 106 valence electrons. The molecule has 0 N–H and O–H groups in total. The van der Waals surface area contributed by atoms with E-state index in [4.69, 9.17) is 0 Å². The topological polar surface area (TPSA) is 0 Å². The molecule has 1 unspecified atom stereocenters. The lowest BCUT2D eigenvalue weighted by atomic mass is 9.90. The zero-order chi connectivity index (χ0) is 13.8. The second-order valence-electron chi connectivity index (χ2n) is 4.93. The number of benzene rings is 3. The summed E-state index contributed by atoms with van der Waals surface area (Å²) in [5.74, 6) is 0. The van der Waals surface area contributed by atoms with Gasteiger partial charge in [-0.25, -0.2) is 0 Å². The third-order valence-electron chi connectivity index (χ3n) is 3.68. The molecular weight excluding hydrogens is 271 g/mol. The maximum atomic E-state index is 2.23. The van der Waals surface area contributed by atoms with Gasteiger partial charge in [-0.05, 0) is 34.2 Å². The molecule has 0 aliphatic heterocycles. The van der Waals surface area contributed by atoms with Gasteiger partial charge in [0.25, 0.3) is 0 Å². The summed E-state index contributed by atoms with van der Waals surface area (Å²) >= 11 is 0. The van der Waals surface area contributed by atoms with Gasteiger partial charge in [-0.15, -0.1) is 0 Å². The summed E-state index contributed by atoms with van der Waals surface area (Å²) in [6, 6.07) is 27.9. The van der Waals surface area contributed by atoms with E-state index in [0.717, 1.165) is 6.42 Å². The van der Waals surface area contributed by atoms with Gasteiger partial charge in [-0.3, -0.25) is 0 Å². The van der Waals surface area contributed by atoms with Crippen LogP contribution in [-0.2, 0) is 6.42 Å². The molecule has 0 heterocycles. The second kappa shape index (κ2) is 7.20. The smallest absolute Gasteiger partial charge is 0.00734 e. The fraction of sp³-hybridized carbons (Fsp3) is 0.100. The molecule has 1 heteroatoms. The van der Waals surface area contributed by atoms with Gasteiger partial charge in [-0.2, -0.15) is 9.90 Å². The minimum Gasteiger partial charge on any atom is -0.153 e. The highest BCUT2D eigenvalue weighted by Gasteiger charge is 2.10. The molecule has 0 amide bonds. The van der Waals surface area contributed by atoms with E-state index >= 15 is 0 Å². The van der Waals surface area contributed by atoms with Gasteiger partial charge in [0, 0.05) is 0 Å². The van der Waals surface area contributed by atoms with Crippen molar-refractivity contribution in [3.63, 3.8) is 0 Å². The maximum Gasteiger partial charge on any atom is -0.00734 e. The standard InChI is InChI=1S/C20H18.H3P/c1-2-16-14-9-15-19(17-10-5-3-6-11-17)20(16)18-12-7-4-8-13-18;/h3-15H,2H2,1H3;1H3. The zero-order valence-electron chi connectivity index (χ0n) is 12.4. The Labute approximate surface area is 130 Å². The molecule has 3 aromatic rings. The van der Waals surface area contributed by atoms with Crippen molar-refractivity contribution in [2.75, 3.05) is 0 Å². The highest BCUT2D eigenvalue weighted by Crippen LogP contribution is 2.35. The number of rotatable bonds is 3. The molecule has 0 fully saturated rings. The van der Waals surface area contributed by atoms with Crippen LogP contribution in [0.2, 0.25) is 0 Å². The van der Waals surface area contributed by atoms with E-state index in [1.807, 2.05) is 0 Å². The normalized spacial score (nSPS) is 9.95. The third-order valence-corrected chi connectivity index (χ3v) is 3.68. The first-order valence-corrected chi connectivity index (χ1v) is 7.13. The first-order valence-electron chi connectivity index (χ1n) is 7.13. The summed E-state index contributed by atoms with van der Waals surface area (Å²) in [6.07, 6.45) is 1.05. The molecule has 0 radical (unpaired) electrons. The van der Waals surface area contributed by atoms with Crippen LogP contribution in [0, 0.1) is 0 Å². The molecule has 0 nitrogen and oxygen atoms in total. The molecule has 0 spiro atoms. The summed E-state index contributed by atoms with van der Waals surface area (Å²) in [5.41, 5.74) is 6.65. The predicted octanol–water partition coefficient (Wildman–Crippen LogP) is 5.64. The summed E-state index contributed by atoms with van der Waals surface area (Å²) < 4.78 is 0. The first kappa shape index (κ1) is 15.5. The Bertz CT molecular complexity index is 688. The maximum absolute atomic E-state index is 2.23. The fourth-order valence-corrected chi connectivity index (χ4v) is 2.70. The molecule has 0 aromatic heterocycles. The largest absolute Gasteiger partial charge is 0.153 e. The van der Waals surface area contributed by atoms with Crippen LogP contribution in [0.15, 0.2) is 78.9 Å². The van der Waals surface area contributed by atoms with E-state index in [9.17, 15) is 0 Å². The molecule has 0 aliphatic rings. The van der Waals surface area contributed by atoms with E-state index in [1.54, 1.807) is 0 Å². The van der Waals surface area contributed by atoms with Crippen LogP contribution < -0.4 is 0 Å². The molecule has 21 heavy (non-hydrogen) atoms. The van der Waals surface area contributed by atoms with Crippen molar-refractivity contribution in [3.8, 4) is 22.3 Å². The lowest BCUT2D eigenvalue weighted by Gasteiger charge is -2.14. The fourth-order valence-electron chi connectivity index (χ4n) is 2.70. The lowest BCUT2D eigenvalue weighted by Crippen LogP contribution is -1.91. The Morgan fingerprint density at radius 2 is 1.19 bits per heavy atom. The summed E-state index contributed by atoms with van der Waals surface area (Å²) in [5, 5.41) is 0. The average Bonchev–Trinajstić information content (AvgIpc) is 2.55. The minimum absolute atomic E-state index is 0. The lowest BCUT2D eigenvalue weighted by molar-refractivity contribution is 1.14. The van der Waals surface area contributed by atoms with Gasteiger partial charge in [-0.1, -0.05) is 85.8 Å². The molecule has 0 bridgehead atoms. The van der Waals surface area contributed by atoms with Crippen molar-refractivity contribution in [1.82, 2.24) is 0 Å². The van der Waals surface area contributed by atoms with E-state index in [1.165, 1.54) is 27.8 Å². The van der Waals surface area contributed by atoms with Crippen LogP contribution in [0.3, 0.4) is 0 Å². The van der Waals surface area contributed by atoms with Crippen LogP contribution in [0.25, 0.3) is 22.3 Å². The Kier molecular flexibility index (Phi) is 5.31. The van der Waals surface area contributed by atoms with Crippen molar-refractivity contribution < 1.29 is 0 Å². The highest BCUT2D eigenvalue weighted by molar-refractivity contribution is 6.92. The Morgan fingerprint density at radius 3 is 1.76 bits per heavy atom. The van der Waals surface area contributed by atoms with Gasteiger partial charge < -0.3 is 0 Å². The Balaban J connectivity index is 0.00000161. The van der Waals surface area contributed by atoms with E-state index < -0.39 is 0 Å². The van der Waals surface area contributed by atoms with Crippen LogP contribution in [0.4, 0.5) is 0 Å². The minimum atomic E-state index is 0. The summed E-state index contributed by atoms with van der Waals surface area (Å²) in [6.45, 7) is 2.22. The van der Waals surface area contributed by atoms with Gasteiger partial charge in [0.1, 0.15) is 0 Å². The first-order chi connectivity index (χ1) is 9.90. The quantitative estimate of drug-likeness (QED) is 0.548. The molecule has 0 saturated heterocycles. The van der Waals surface area contributed by atoms with E-state index in [0.29, 0.717) is 0 Å². The van der Waals surface area contributed by atoms with Crippen LogP contribution in [0.5, 0.6) is 0 Å². The van der Waals surface area contributed by atoms with Crippen LogP contribution in [-0.4, -0.2) is 0 Å². The van der Waals surface area contributed by atoms with E-state index in [-0.39, 0.29) is 9.90 Å². The average molecular weight is 292 g/mol.